The van der Waals surface area contributed by atoms with Crippen molar-refractivity contribution < 1.29 is 54.9 Å². The molecular formula is C20H35NNaO5P. The first-order chi connectivity index (χ1) is 12.7. The first-order valence-electron chi connectivity index (χ1n) is 10.00. The molecular weight excluding hydrogens is 388 g/mol. The molecule has 1 aliphatic rings. The largest absolute Gasteiger partial charge is 1.00 e. The Morgan fingerprint density at radius 3 is 2.64 bits per heavy atom. The van der Waals surface area contributed by atoms with Crippen molar-refractivity contribution in [1.29, 1.82) is 0 Å². The molecule has 8 heteroatoms. The van der Waals surface area contributed by atoms with Crippen LogP contribution in [0.15, 0.2) is 18.2 Å². The van der Waals surface area contributed by atoms with Crippen molar-refractivity contribution in [2.75, 3.05) is 13.1 Å². The van der Waals surface area contributed by atoms with E-state index in [0.29, 0.717) is 5.75 Å². The summed E-state index contributed by atoms with van der Waals surface area (Å²) in [5.41, 5.74) is 1.98. The summed E-state index contributed by atoms with van der Waals surface area (Å²) < 4.78 is 15.5. The first-order valence-corrected chi connectivity index (χ1v) is 11.5. The summed E-state index contributed by atoms with van der Waals surface area (Å²) in [6.45, 7) is 8.42. The Morgan fingerprint density at radius 2 is 2.04 bits per heavy atom. The van der Waals surface area contributed by atoms with Gasteiger partial charge in [-0.2, -0.15) is 0 Å². The van der Waals surface area contributed by atoms with Crippen molar-refractivity contribution in [3.05, 3.63) is 29.3 Å². The molecule has 1 aliphatic heterocycles. The van der Waals surface area contributed by atoms with Gasteiger partial charge in [-0.25, -0.2) is 4.57 Å². The molecule has 1 aromatic carbocycles. The standard InChI is InChI=1S/C20H34NO5P.Na.H/c1-4-5-6-7-12-20(2,3)17-10-11-18(16-9-8-13-21-15-16)19(14-17)25-26-27(22,23)24;;/h10-11,14,16,21H,4-9,12-13,15H2,1-3H3,(H2,22,23,24);;/q;+1;-1. The molecule has 0 spiro atoms. The van der Waals surface area contributed by atoms with Gasteiger partial charge in [0.25, 0.3) is 0 Å². The van der Waals surface area contributed by atoms with E-state index in [1.54, 1.807) is 0 Å². The number of nitrogens with one attached hydrogen (secondary N) is 1. The van der Waals surface area contributed by atoms with E-state index in [1.165, 1.54) is 19.3 Å². The molecule has 2 rings (SSSR count). The van der Waals surface area contributed by atoms with Crippen LogP contribution in [0.25, 0.3) is 0 Å². The summed E-state index contributed by atoms with van der Waals surface area (Å²) >= 11 is 0. The Morgan fingerprint density at radius 1 is 1.29 bits per heavy atom. The van der Waals surface area contributed by atoms with Gasteiger partial charge in [0.2, 0.25) is 0 Å². The van der Waals surface area contributed by atoms with Gasteiger partial charge in [-0.1, -0.05) is 63.3 Å². The van der Waals surface area contributed by atoms with Crippen LogP contribution in [0.2, 0.25) is 0 Å². The molecule has 0 aliphatic carbocycles. The average Bonchev–Trinajstić information content (AvgIpc) is 2.63. The van der Waals surface area contributed by atoms with Crippen molar-refractivity contribution in [3.63, 3.8) is 0 Å². The second-order valence-corrected chi connectivity index (χ2v) is 9.27. The Balaban J connectivity index is 0.00000392. The molecule has 1 atom stereocenters. The quantitative estimate of drug-likeness (QED) is 0.175. The van der Waals surface area contributed by atoms with Crippen molar-refractivity contribution in [1.82, 2.24) is 5.32 Å². The van der Waals surface area contributed by atoms with Crippen LogP contribution in [-0.4, -0.2) is 22.9 Å². The predicted molar refractivity (Wildman–Crippen MR) is 108 cm³/mol. The number of rotatable bonds is 10. The van der Waals surface area contributed by atoms with E-state index in [1.807, 2.05) is 12.1 Å². The van der Waals surface area contributed by atoms with Crippen molar-refractivity contribution in [3.8, 4) is 5.75 Å². The number of unbranched alkanes of at least 4 members (excludes halogenated alkanes) is 3. The third-order valence-electron chi connectivity index (χ3n) is 5.41. The summed E-state index contributed by atoms with van der Waals surface area (Å²) in [5.74, 6) is 0.655. The molecule has 1 fully saturated rings. The van der Waals surface area contributed by atoms with Crippen LogP contribution < -0.4 is 39.8 Å². The molecule has 0 amide bonds. The molecule has 0 saturated carbocycles. The van der Waals surface area contributed by atoms with Crippen LogP contribution >= 0.6 is 7.82 Å². The third-order valence-corrected chi connectivity index (χ3v) is 5.68. The zero-order valence-corrected chi connectivity index (χ0v) is 20.6. The molecule has 28 heavy (non-hydrogen) atoms. The summed E-state index contributed by atoms with van der Waals surface area (Å²) in [6.07, 6.45) is 7.96. The zero-order valence-electron chi connectivity index (χ0n) is 18.7. The molecule has 0 aromatic heterocycles. The minimum absolute atomic E-state index is 0. The van der Waals surface area contributed by atoms with Gasteiger partial charge in [0.05, 0.1) is 0 Å². The van der Waals surface area contributed by atoms with Gasteiger partial charge in [0.15, 0.2) is 5.75 Å². The average molecular weight is 423 g/mol. The molecule has 0 bridgehead atoms. The first kappa shape index (κ1) is 26.1. The predicted octanol–water partition coefficient (Wildman–Crippen LogP) is 1.92. The summed E-state index contributed by atoms with van der Waals surface area (Å²) in [6, 6.07) is 6.03. The van der Waals surface area contributed by atoms with Gasteiger partial charge < -0.3 is 21.4 Å². The third kappa shape index (κ3) is 8.45. The van der Waals surface area contributed by atoms with Crippen LogP contribution in [0.4, 0.5) is 0 Å². The Hall–Kier alpha value is 0.0900. The van der Waals surface area contributed by atoms with E-state index >= 15 is 0 Å². The van der Waals surface area contributed by atoms with Crippen molar-refractivity contribution >= 4 is 7.82 Å². The Kier molecular flexibility index (Phi) is 11.3. The van der Waals surface area contributed by atoms with Crippen LogP contribution in [0.3, 0.4) is 0 Å². The molecule has 3 N–H and O–H groups in total. The number of hydrogen-bond donors (Lipinski definition) is 3. The molecule has 0 radical (unpaired) electrons. The fourth-order valence-corrected chi connectivity index (χ4v) is 3.89. The monoisotopic (exact) mass is 423 g/mol. The fraction of sp³-hybridized carbons (Fsp3) is 0.700. The van der Waals surface area contributed by atoms with Gasteiger partial charge in [-0.3, -0.25) is 0 Å². The normalized spacial score (nSPS) is 17.8. The van der Waals surface area contributed by atoms with Gasteiger partial charge >= 0.3 is 37.4 Å². The zero-order chi connectivity index (χ0) is 19.9. The van der Waals surface area contributed by atoms with Crippen molar-refractivity contribution in [2.45, 2.75) is 77.0 Å². The summed E-state index contributed by atoms with van der Waals surface area (Å²) in [4.78, 5) is 23.2. The van der Waals surface area contributed by atoms with Crippen LogP contribution in [0, 0.1) is 0 Å². The van der Waals surface area contributed by atoms with Gasteiger partial charge in [0.1, 0.15) is 0 Å². The Bertz CT molecular complexity index is 650. The van der Waals surface area contributed by atoms with Gasteiger partial charge in [-0.05, 0) is 42.9 Å². The minimum atomic E-state index is -4.71. The second kappa shape index (κ2) is 12.1. The molecule has 1 saturated heterocycles. The SMILES string of the molecule is CCCCCCC(C)(C)c1ccc(C2CCCNC2)c(OOP(=O)(O)O)c1.[H-].[Na+]. The smallest absolute Gasteiger partial charge is 1.00 e. The number of benzene rings is 1. The van der Waals surface area contributed by atoms with Crippen LogP contribution in [-0.2, 0) is 14.7 Å². The van der Waals surface area contributed by atoms with E-state index < -0.39 is 7.82 Å². The van der Waals surface area contributed by atoms with E-state index in [-0.39, 0.29) is 42.3 Å². The van der Waals surface area contributed by atoms with Crippen molar-refractivity contribution in [2.24, 2.45) is 0 Å². The Labute approximate surface area is 192 Å². The van der Waals surface area contributed by atoms with E-state index in [9.17, 15) is 4.57 Å². The van der Waals surface area contributed by atoms with E-state index in [4.69, 9.17) is 14.7 Å². The van der Waals surface area contributed by atoms with Gasteiger partial charge in [-0.15, -0.1) is 0 Å². The second-order valence-electron chi connectivity index (χ2n) is 8.14. The topological polar surface area (TPSA) is 88.0 Å². The maximum absolute atomic E-state index is 11.1. The minimum Gasteiger partial charge on any atom is -1.00 e. The molecule has 1 aromatic rings. The number of hydrogen-bond acceptors (Lipinski definition) is 4. The molecule has 156 valence electrons. The van der Waals surface area contributed by atoms with Crippen LogP contribution in [0.5, 0.6) is 5.75 Å². The van der Waals surface area contributed by atoms with E-state index in [0.717, 1.165) is 49.9 Å². The number of piperidine rings is 1. The molecule has 1 unspecified atom stereocenters. The van der Waals surface area contributed by atoms with E-state index in [2.05, 4.69) is 36.8 Å². The maximum atomic E-state index is 11.1. The molecule has 1 heterocycles. The maximum Gasteiger partial charge on any atom is 1.00 e. The fourth-order valence-electron chi connectivity index (χ4n) is 3.71. The number of phosphoric acid groups is 1. The summed E-state index contributed by atoms with van der Waals surface area (Å²) in [7, 11) is -4.71. The van der Waals surface area contributed by atoms with Gasteiger partial charge in [0, 0.05) is 18.0 Å². The summed E-state index contributed by atoms with van der Waals surface area (Å²) in [5, 5.41) is 3.37. The molecule has 6 nitrogen and oxygen atoms in total. The van der Waals surface area contributed by atoms with Crippen LogP contribution in [0.1, 0.15) is 84.2 Å².